The number of hydrogen-bond acceptors (Lipinski definition) is 6. The summed E-state index contributed by atoms with van der Waals surface area (Å²) >= 11 is 2.99. The van der Waals surface area contributed by atoms with Crippen LogP contribution in [0.4, 0.5) is 5.13 Å². The Bertz CT molecular complexity index is 416. The molecule has 1 N–H and O–H groups in total. The summed E-state index contributed by atoms with van der Waals surface area (Å²) in [6.07, 6.45) is 4.75. The highest BCUT2D eigenvalue weighted by atomic mass is 32.2. The van der Waals surface area contributed by atoms with Crippen LogP contribution in [0.1, 0.15) is 32.6 Å². The van der Waals surface area contributed by atoms with Gasteiger partial charge in [-0.05, 0) is 19.8 Å². The van der Waals surface area contributed by atoms with Crippen LogP contribution in [0.25, 0.3) is 0 Å². The van der Waals surface area contributed by atoms with Gasteiger partial charge in [-0.25, -0.2) is 0 Å². The molecule has 2 heterocycles. The largest absolute Gasteiger partial charge is 0.363 e. The molecule has 19 heavy (non-hydrogen) atoms. The molecular weight excluding hydrogens is 280 g/mol. The highest BCUT2D eigenvalue weighted by Gasteiger charge is 2.23. The van der Waals surface area contributed by atoms with Crippen LogP contribution in [-0.4, -0.2) is 46.4 Å². The molecule has 7 heteroatoms. The van der Waals surface area contributed by atoms with Gasteiger partial charge in [-0.15, -0.1) is 10.2 Å². The molecular formula is C12H20N4OS2. The van der Waals surface area contributed by atoms with Crippen LogP contribution in [0.3, 0.4) is 0 Å². The van der Waals surface area contributed by atoms with E-state index in [1.54, 1.807) is 0 Å². The topological polar surface area (TPSA) is 58.1 Å². The Morgan fingerprint density at radius 2 is 2.00 bits per heavy atom. The molecule has 1 saturated heterocycles. The van der Waals surface area contributed by atoms with E-state index in [9.17, 15) is 4.79 Å². The van der Waals surface area contributed by atoms with Crippen LogP contribution in [0.15, 0.2) is 4.34 Å². The quantitative estimate of drug-likeness (QED) is 0.866. The summed E-state index contributed by atoms with van der Waals surface area (Å²) in [4.78, 5) is 14.4. The Morgan fingerprint density at radius 3 is 2.58 bits per heavy atom. The van der Waals surface area contributed by atoms with Crippen molar-refractivity contribution in [2.45, 2.75) is 42.2 Å². The fourth-order valence-corrected chi connectivity index (χ4v) is 4.04. The van der Waals surface area contributed by atoms with E-state index in [-0.39, 0.29) is 11.2 Å². The second kappa shape index (κ2) is 7.09. The molecule has 0 saturated carbocycles. The van der Waals surface area contributed by atoms with Crippen LogP contribution in [-0.2, 0) is 4.79 Å². The number of nitrogens with one attached hydrogen (secondary N) is 1. The third-order valence-electron chi connectivity index (χ3n) is 3.16. The van der Waals surface area contributed by atoms with Crippen molar-refractivity contribution in [3.05, 3.63) is 0 Å². The highest BCUT2D eigenvalue weighted by molar-refractivity contribution is 8.02. The van der Waals surface area contributed by atoms with E-state index >= 15 is 0 Å². The maximum absolute atomic E-state index is 12.4. The third kappa shape index (κ3) is 4.07. The molecule has 5 nitrogen and oxygen atoms in total. The van der Waals surface area contributed by atoms with Crippen molar-refractivity contribution in [3.8, 4) is 0 Å². The maximum atomic E-state index is 12.4. The van der Waals surface area contributed by atoms with Gasteiger partial charge in [0.1, 0.15) is 0 Å². The van der Waals surface area contributed by atoms with Gasteiger partial charge in [0.05, 0.1) is 5.25 Å². The number of aromatic nitrogens is 2. The Labute approximate surface area is 122 Å². The van der Waals surface area contributed by atoms with Crippen LogP contribution >= 0.6 is 23.1 Å². The maximum Gasteiger partial charge on any atom is 0.235 e. The van der Waals surface area contributed by atoms with Crippen molar-refractivity contribution in [1.82, 2.24) is 15.1 Å². The van der Waals surface area contributed by atoms with Crippen LogP contribution in [0.2, 0.25) is 0 Å². The normalized spacial score (nSPS) is 17.9. The first-order valence-electron chi connectivity index (χ1n) is 6.67. The number of carbonyl (C=O) groups is 1. The van der Waals surface area contributed by atoms with Gasteiger partial charge < -0.3 is 10.2 Å². The SMILES string of the molecule is CNc1nnc(S[C@H](C)C(=O)N2CCCCCC2)s1. The first kappa shape index (κ1) is 14.6. The molecule has 1 aromatic rings. The van der Waals surface area contributed by atoms with E-state index in [2.05, 4.69) is 15.5 Å². The monoisotopic (exact) mass is 300 g/mol. The van der Waals surface area contributed by atoms with E-state index in [4.69, 9.17) is 0 Å². The van der Waals surface area contributed by atoms with E-state index in [0.29, 0.717) is 0 Å². The van der Waals surface area contributed by atoms with E-state index in [0.717, 1.165) is 35.4 Å². The van der Waals surface area contributed by atoms with Gasteiger partial charge in [-0.2, -0.15) is 0 Å². The molecule has 2 rings (SSSR count). The van der Waals surface area contributed by atoms with E-state index in [1.807, 2.05) is 18.9 Å². The van der Waals surface area contributed by atoms with Crippen molar-refractivity contribution in [2.24, 2.45) is 0 Å². The van der Waals surface area contributed by atoms with Crippen molar-refractivity contribution >= 4 is 34.1 Å². The second-order valence-electron chi connectivity index (χ2n) is 4.62. The van der Waals surface area contributed by atoms with Gasteiger partial charge in [-0.1, -0.05) is 35.9 Å². The summed E-state index contributed by atoms with van der Waals surface area (Å²) in [5.74, 6) is 0.230. The molecule has 1 aliphatic rings. The van der Waals surface area contributed by atoms with Gasteiger partial charge >= 0.3 is 0 Å². The predicted octanol–water partition coefficient (Wildman–Crippen LogP) is 2.46. The summed E-state index contributed by atoms with van der Waals surface area (Å²) in [6.45, 7) is 3.77. The molecule has 0 radical (unpaired) electrons. The fraction of sp³-hybridized carbons (Fsp3) is 0.750. The van der Waals surface area contributed by atoms with E-state index in [1.165, 1.54) is 35.9 Å². The molecule has 0 aliphatic carbocycles. The number of rotatable bonds is 4. The first-order chi connectivity index (χ1) is 9.20. The van der Waals surface area contributed by atoms with Gasteiger partial charge in [0, 0.05) is 20.1 Å². The number of hydrogen-bond donors (Lipinski definition) is 1. The number of amides is 1. The molecule has 0 unspecified atom stereocenters. The third-order valence-corrected chi connectivity index (χ3v) is 5.28. The zero-order valence-electron chi connectivity index (χ0n) is 11.4. The average molecular weight is 300 g/mol. The Balaban J connectivity index is 1.90. The van der Waals surface area contributed by atoms with Crippen LogP contribution < -0.4 is 5.32 Å². The zero-order valence-corrected chi connectivity index (χ0v) is 13.0. The summed E-state index contributed by atoms with van der Waals surface area (Å²) in [5.41, 5.74) is 0. The number of carbonyl (C=O) groups excluding carboxylic acids is 1. The second-order valence-corrected chi connectivity index (χ2v) is 7.19. The number of likely N-dealkylation sites (tertiary alicyclic amines) is 1. The van der Waals surface area contributed by atoms with Gasteiger partial charge in [0.25, 0.3) is 0 Å². The van der Waals surface area contributed by atoms with Crippen molar-refractivity contribution < 1.29 is 4.79 Å². The van der Waals surface area contributed by atoms with Crippen LogP contribution in [0.5, 0.6) is 0 Å². The average Bonchev–Trinajstić information content (AvgIpc) is 2.70. The molecule has 0 spiro atoms. The molecule has 106 valence electrons. The minimum atomic E-state index is -0.0873. The highest BCUT2D eigenvalue weighted by Crippen LogP contribution is 2.29. The molecule has 1 aromatic heterocycles. The molecule has 0 bridgehead atoms. The summed E-state index contributed by atoms with van der Waals surface area (Å²) < 4.78 is 0.847. The predicted molar refractivity (Wildman–Crippen MR) is 79.8 cm³/mol. The minimum absolute atomic E-state index is 0.0873. The standard InChI is InChI=1S/C12H20N4OS2/c1-9(18-12-15-14-11(13-2)19-12)10(17)16-7-5-3-4-6-8-16/h9H,3-8H2,1-2H3,(H,13,14)/t9-/m1/s1. The van der Waals surface area contributed by atoms with Gasteiger partial charge in [0.15, 0.2) is 4.34 Å². The lowest BCUT2D eigenvalue weighted by atomic mass is 10.2. The Morgan fingerprint density at radius 1 is 1.32 bits per heavy atom. The minimum Gasteiger partial charge on any atom is -0.363 e. The summed E-state index contributed by atoms with van der Waals surface area (Å²) in [7, 11) is 1.82. The molecule has 1 amide bonds. The number of anilines is 1. The Kier molecular flexibility index (Phi) is 5.45. The van der Waals surface area contributed by atoms with E-state index < -0.39 is 0 Å². The lowest BCUT2D eigenvalue weighted by molar-refractivity contribution is -0.130. The van der Waals surface area contributed by atoms with Gasteiger partial charge in [-0.3, -0.25) is 4.79 Å². The van der Waals surface area contributed by atoms with Gasteiger partial charge in [0.2, 0.25) is 11.0 Å². The van der Waals surface area contributed by atoms with Crippen LogP contribution in [0, 0.1) is 0 Å². The molecule has 1 aliphatic heterocycles. The van der Waals surface area contributed by atoms with Crippen molar-refractivity contribution in [2.75, 3.05) is 25.5 Å². The first-order valence-corrected chi connectivity index (χ1v) is 8.37. The molecule has 0 aromatic carbocycles. The number of nitrogens with zero attached hydrogens (tertiary/aromatic N) is 3. The van der Waals surface area contributed by atoms with Crippen molar-refractivity contribution in [3.63, 3.8) is 0 Å². The summed E-state index contributed by atoms with van der Waals surface area (Å²) in [6, 6.07) is 0. The smallest absolute Gasteiger partial charge is 0.235 e. The number of thioether (sulfide) groups is 1. The fourth-order valence-electron chi connectivity index (χ4n) is 2.11. The lowest BCUT2D eigenvalue weighted by Crippen LogP contribution is -2.37. The Hall–Kier alpha value is -0.820. The lowest BCUT2D eigenvalue weighted by Gasteiger charge is -2.23. The molecule has 1 fully saturated rings. The zero-order chi connectivity index (χ0) is 13.7. The molecule has 1 atom stereocenters. The van der Waals surface area contributed by atoms with Crippen molar-refractivity contribution in [1.29, 1.82) is 0 Å². The summed E-state index contributed by atoms with van der Waals surface area (Å²) in [5, 5.41) is 11.7.